The van der Waals surface area contributed by atoms with Crippen molar-refractivity contribution < 1.29 is 4.79 Å². The van der Waals surface area contributed by atoms with E-state index in [1.54, 1.807) is 11.3 Å². The molecule has 4 rings (SSSR count). The van der Waals surface area contributed by atoms with Crippen molar-refractivity contribution in [1.29, 1.82) is 0 Å². The molecule has 1 fully saturated rings. The van der Waals surface area contributed by atoms with Crippen molar-refractivity contribution in [2.75, 3.05) is 13.1 Å². The van der Waals surface area contributed by atoms with Crippen LogP contribution in [0.3, 0.4) is 0 Å². The van der Waals surface area contributed by atoms with Crippen LogP contribution in [0, 0.1) is 0 Å². The van der Waals surface area contributed by atoms with Gasteiger partial charge in [0.1, 0.15) is 10.7 Å². The Labute approximate surface area is 136 Å². The Balaban J connectivity index is 1.54. The van der Waals surface area contributed by atoms with Gasteiger partial charge in [-0.2, -0.15) is 0 Å². The van der Waals surface area contributed by atoms with Gasteiger partial charge in [-0.15, -0.1) is 11.3 Å². The highest BCUT2D eigenvalue weighted by Crippen LogP contribution is 2.34. The summed E-state index contributed by atoms with van der Waals surface area (Å²) in [7, 11) is 0. The third-order valence-corrected chi connectivity index (χ3v) is 5.80. The molecule has 1 unspecified atom stereocenters. The maximum absolute atomic E-state index is 12.4. The zero-order chi connectivity index (χ0) is 16.0. The van der Waals surface area contributed by atoms with Crippen molar-refractivity contribution in [3.05, 3.63) is 26.6 Å². The number of aromatic amines is 1. The number of thiophene rings is 1. The van der Waals surface area contributed by atoms with Crippen molar-refractivity contribution in [2.45, 2.75) is 38.3 Å². The van der Waals surface area contributed by atoms with Gasteiger partial charge in [0.2, 0.25) is 0 Å². The first-order valence-electron chi connectivity index (χ1n) is 7.92. The number of carbonyl (C=O) groups is 1. The van der Waals surface area contributed by atoms with Gasteiger partial charge in [-0.05, 0) is 31.2 Å². The Morgan fingerprint density at radius 2 is 2.35 bits per heavy atom. The molecule has 2 aliphatic rings. The molecule has 2 amide bonds. The Morgan fingerprint density at radius 1 is 1.48 bits per heavy atom. The first-order valence-corrected chi connectivity index (χ1v) is 8.73. The quantitative estimate of drug-likeness (QED) is 0.769. The SMILES string of the molecule is NC(=O)NC1CCN(Cc2nc3sc4c(c3c(=O)[nH]2)CCC4)C1. The lowest BCUT2D eigenvalue weighted by Gasteiger charge is -2.15. The number of nitrogens with two attached hydrogens (primary N) is 1. The molecule has 122 valence electrons. The van der Waals surface area contributed by atoms with Crippen molar-refractivity contribution >= 4 is 27.6 Å². The molecule has 23 heavy (non-hydrogen) atoms. The number of amides is 2. The fourth-order valence-corrected chi connectivity index (χ4v) is 4.91. The summed E-state index contributed by atoms with van der Waals surface area (Å²) in [6, 6.07) is -0.411. The summed E-state index contributed by atoms with van der Waals surface area (Å²) < 4.78 is 0. The molecule has 1 saturated heterocycles. The predicted molar refractivity (Wildman–Crippen MR) is 88.7 cm³/mol. The maximum Gasteiger partial charge on any atom is 0.312 e. The lowest BCUT2D eigenvalue weighted by molar-refractivity contribution is 0.244. The third-order valence-electron chi connectivity index (χ3n) is 4.62. The minimum absolute atomic E-state index is 0.0181. The van der Waals surface area contributed by atoms with Gasteiger partial charge < -0.3 is 16.0 Å². The van der Waals surface area contributed by atoms with E-state index in [1.165, 1.54) is 10.4 Å². The molecule has 0 saturated carbocycles. The Hall–Kier alpha value is -1.93. The Morgan fingerprint density at radius 3 is 3.17 bits per heavy atom. The predicted octanol–water partition coefficient (Wildman–Crippen LogP) is 0.716. The van der Waals surface area contributed by atoms with E-state index in [9.17, 15) is 9.59 Å². The summed E-state index contributed by atoms with van der Waals surface area (Å²) in [6.45, 7) is 2.17. The number of primary amides is 1. The van der Waals surface area contributed by atoms with Gasteiger partial charge in [0, 0.05) is 24.0 Å². The number of hydrogen-bond acceptors (Lipinski definition) is 5. The first kappa shape index (κ1) is 14.6. The van der Waals surface area contributed by atoms with E-state index in [2.05, 4.69) is 20.2 Å². The molecule has 3 heterocycles. The van der Waals surface area contributed by atoms with E-state index in [0.29, 0.717) is 12.4 Å². The number of nitrogens with zero attached hydrogens (tertiary/aromatic N) is 2. The number of urea groups is 1. The number of rotatable bonds is 3. The summed E-state index contributed by atoms with van der Waals surface area (Å²) in [5.74, 6) is 0.696. The average molecular weight is 333 g/mol. The first-order chi connectivity index (χ1) is 11.1. The van der Waals surface area contributed by atoms with Crippen LogP contribution in [0.2, 0.25) is 0 Å². The number of aromatic nitrogens is 2. The van der Waals surface area contributed by atoms with Crippen LogP contribution in [0.1, 0.15) is 29.1 Å². The van der Waals surface area contributed by atoms with E-state index in [4.69, 9.17) is 5.73 Å². The van der Waals surface area contributed by atoms with E-state index in [-0.39, 0.29) is 11.6 Å². The summed E-state index contributed by atoms with van der Waals surface area (Å²) >= 11 is 1.66. The van der Waals surface area contributed by atoms with Crippen molar-refractivity contribution in [3.63, 3.8) is 0 Å². The zero-order valence-electron chi connectivity index (χ0n) is 12.7. The molecule has 0 radical (unpaired) electrons. The molecule has 7 nitrogen and oxygen atoms in total. The molecule has 4 N–H and O–H groups in total. The molecule has 0 bridgehead atoms. The van der Waals surface area contributed by atoms with Crippen LogP contribution in [-0.4, -0.2) is 40.0 Å². The van der Waals surface area contributed by atoms with Gasteiger partial charge in [-0.3, -0.25) is 9.69 Å². The van der Waals surface area contributed by atoms with Crippen molar-refractivity contribution in [3.8, 4) is 0 Å². The van der Waals surface area contributed by atoms with Gasteiger partial charge in [-0.1, -0.05) is 0 Å². The second kappa shape index (κ2) is 5.61. The number of carbonyl (C=O) groups excluding carboxylic acids is 1. The summed E-state index contributed by atoms with van der Waals surface area (Å²) in [6.07, 6.45) is 4.06. The number of aryl methyl sites for hydroxylation is 2. The monoisotopic (exact) mass is 333 g/mol. The Bertz CT molecular complexity index is 827. The highest BCUT2D eigenvalue weighted by atomic mass is 32.1. The largest absolute Gasteiger partial charge is 0.352 e. The summed E-state index contributed by atoms with van der Waals surface area (Å²) in [4.78, 5) is 35.3. The van der Waals surface area contributed by atoms with Crippen LogP contribution in [0.15, 0.2) is 4.79 Å². The fourth-order valence-electron chi connectivity index (χ4n) is 3.63. The van der Waals surface area contributed by atoms with E-state index in [0.717, 1.165) is 49.0 Å². The molecular weight excluding hydrogens is 314 g/mol. The molecule has 2 aromatic rings. The van der Waals surface area contributed by atoms with Crippen molar-refractivity contribution in [2.24, 2.45) is 5.73 Å². The number of likely N-dealkylation sites (tertiary alicyclic amines) is 1. The lowest BCUT2D eigenvalue weighted by Crippen LogP contribution is -2.40. The highest BCUT2D eigenvalue weighted by Gasteiger charge is 2.25. The van der Waals surface area contributed by atoms with Crippen LogP contribution < -0.4 is 16.6 Å². The Kier molecular flexibility index (Phi) is 3.57. The molecule has 1 aliphatic heterocycles. The van der Waals surface area contributed by atoms with E-state index in [1.807, 2.05) is 0 Å². The van der Waals surface area contributed by atoms with Gasteiger partial charge in [-0.25, -0.2) is 9.78 Å². The smallest absolute Gasteiger partial charge is 0.312 e. The second-order valence-corrected chi connectivity index (χ2v) is 7.36. The van der Waals surface area contributed by atoms with Gasteiger partial charge in [0.25, 0.3) is 5.56 Å². The van der Waals surface area contributed by atoms with Crippen LogP contribution in [0.5, 0.6) is 0 Å². The molecule has 8 heteroatoms. The highest BCUT2D eigenvalue weighted by molar-refractivity contribution is 7.18. The number of nitrogens with one attached hydrogen (secondary N) is 2. The lowest BCUT2D eigenvalue weighted by atomic mass is 10.2. The average Bonchev–Trinajstić information content (AvgIpc) is 3.13. The topological polar surface area (TPSA) is 104 Å². The molecule has 0 aromatic carbocycles. The zero-order valence-corrected chi connectivity index (χ0v) is 13.5. The minimum atomic E-state index is -0.488. The van der Waals surface area contributed by atoms with Crippen LogP contribution in [0.25, 0.3) is 10.2 Å². The van der Waals surface area contributed by atoms with E-state index < -0.39 is 6.03 Å². The van der Waals surface area contributed by atoms with Crippen LogP contribution in [0.4, 0.5) is 4.79 Å². The number of fused-ring (bicyclic) bond motifs is 3. The molecular formula is C15H19N5O2S. The fraction of sp³-hybridized carbons (Fsp3) is 0.533. The minimum Gasteiger partial charge on any atom is -0.352 e. The van der Waals surface area contributed by atoms with Gasteiger partial charge >= 0.3 is 6.03 Å². The van der Waals surface area contributed by atoms with Crippen LogP contribution in [-0.2, 0) is 19.4 Å². The molecule has 2 aromatic heterocycles. The summed E-state index contributed by atoms with van der Waals surface area (Å²) in [5, 5.41) is 3.52. The maximum atomic E-state index is 12.4. The van der Waals surface area contributed by atoms with Crippen molar-refractivity contribution in [1.82, 2.24) is 20.2 Å². The van der Waals surface area contributed by atoms with Gasteiger partial charge in [0.15, 0.2) is 0 Å². The molecule has 1 atom stereocenters. The normalized spacial score (nSPS) is 21.0. The number of hydrogen-bond donors (Lipinski definition) is 3. The standard InChI is InChI=1S/C15H19N5O2S/c16-15(22)17-8-4-5-20(6-8)7-11-18-13(21)12-9-2-1-3-10(9)23-14(12)19-11/h8H,1-7H2,(H3,16,17,22)(H,18,19,21). The van der Waals surface area contributed by atoms with Crippen LogP contribution >= 0.6 is 11.3 Å². The molecule has 1 aliphatic carbocycles. The summed E-state index contributed by atoms with van der Waals surface area (Å²) in [5.41, 5.74) is 6.35. The molecule has 0 spiro atoms. The van der Waals surface area contributed by atoms with E-state index >= 15 is 0 Å². The number of H-pyrrole nitrogens is 1. The second-order valence-electron chi connectivity index (χ2n) is 6.28. The van der Waals surface area contributed by atoms with Gasteiger partial charge in [0.05, 0.1) is 11.9 Å². The third kappa shape index (κ3) is 2.72.